The van der Waals surface area contributed by atoms with E-state index in [-0.39, 0.29) is 12.3 Å². The molecule has 1 N–H and O–H groups in total. The third-order valence-electron chi connectivity index (χ3n) is 3.63. The molecule has 0 aliphatic rings. The minimum Gasteiger partial charge on any atom is -0.481 e. The fourth-order valence-corrected chi connectivity index (χ4v) is 3.64. The smallest absolute Gasteiger partial charge is 0.303 e. The normalized spacial score (nSPS) is 11.0. The third kappa shape index (κ3) is 2.55. The summed E-state index contributed by atoms with van der Waals surface area (Å²) in [6.45, 7) is 1.99. The third-order valence-corrected chi connectivity index (χ3v) is 4.72. The molecule has 4 nitrogen and oxygen atoms in total. The molecule has 0 aliphatic carbocycles. The number of nitrogens with zero attached hydrogens (tertiary/aromatic N) is 1. The van der Waals surface area contributed by atoms with Crippen LogP contribution < -0.4 is 0 Å². The number of rotatable bonds is 4. The van der Waals surface area contributed by atoms with E-state index in [0.29, 0.717) is 12.0 Å². The number of carboxylic acids is 1. The maximum absolute atomic E-state index is 12.7. The molecule has 0 fully saturated rings. The van der Waals surface area contributed by atoms with Gasteiger partial charge in [-0.1, -0.05) is 18.2 Å². The summed E-state index contributed by atoms with van der Waals surface area (Å²) in [6, 6.07) is 9.10. The number of thiophene rings is 1. The Balaban J connectivity index is 2.07. The number of benzene rings is 1. The molecule has 3 rings (SSSR count). The largest absolute Gasteiger partial charge is 0.481 e. The number of fused-ring (bicyclic) bond motifs is 1. The van der Waals surface area contributed by atoms with E-state index in [1.807, 2.05) is 30.5 Å². The summed E-state index contributed by atoms with van der Waals surface area (Å²) in [6.07, 6.45) is 2.28. The average molecular weight is 313 g/mol. The number of aliphatic carboxylic acids is 1. The van der Waals surface area contributed by atoms with E-state index in [9.17, 15) is 9.59 Å². The van der Waals surface area contributed by atoms with Crippen molar-refractivity contribution in [2.75, 3.05) is 0 Å². The highest BCUT2D eigenvalue weighted by atomic mass is 32.1. The summed E-state index contributed by atoms with van der Waals surface area (Å²) in [5.41, 5.74) is 2.62. The summed E-state index contributed by atoms with van der Waals surface area (Å²) in [4.78, 5) is 24.4. The first-order valence-corrected chi connectivity index (χ1v) is 7.85. The Morgan fingerprint density at radius 3 is 2.64 bits per heavy atom. The Hall–Kier alpha value is -2.40. The van der Waals surface area contributed by atoms with Gasteiger partial charge in [0.2, 0.25) is 0 Å². The average Bonchev–Trinajstić information content (AvgIpc) is 3.07. The first-order valence-electron chi connectivity index (χ1n) is 6.97. The second kappa shape index (κ2) is 5.77. The standard InChI is InChI=1S/C17H15NO3S/c1-11-10-22-17-15(11)13(7-8-14(19)20)9-18(17)16(21)12-5-3-2-4-6-12/h2-6,9-10H,7-8H2,1H3,(H,19,20). The van der Waals surface area contributed by atoms with Gasteiger partial charge < -0.3 is 5.11 Å². The minimum atomic E-state index is -0.830. The van der Waals surface area contributed by atoms with Gasteiger partial charge in [0.05, 0.1) is 0 Å². The predicted molar refractivity (Wildman–Crippen MR) is 86.7 cm³/mol. The van der Waals surface area contributed by atoms with Crippen LogP contribution in [0.1, 0.15) is 27.9 Å². The van der Waals surface area contributed by atoms with E-state index in [0.717, 1.165) is 21.3 Å². The van der Waals surface area contributed by atoms with Gasteiger partial charge >= 0.3 is 5.97 Å². The van der Waals surface area contributed by atoms with Crippen molar-refractivity contribution in [3.63, 3.8) is 0 Å². The molecule has 2 heterocycles. The van der Waals surface area contributed by atoms with E-state index in [1.54, 1.807) is 22.9 Å². The molecular weight excluding hydrogens is 298 g/mol. The van der Waals surface area contributed by atoms with E-state index >= 15 is 0 Å². The van der Waals surface area contributed by atoms with E-state index in [1.165, 1.54) is 11.3 Å². The highest BCUT2D eigenvalue weighted by Crippen LogP contribution is 2.32. The topological polar surface area (TPSA) is 59.3 Å². The number of carbonyl (C=O) groups excluding carboxylic acids is 1. The van der Waals surface area contributed by atoms with Crippen LogP contribution in [-0.4, -0.2) is 21.6 Å². The maximum Gasteiger partial charge on any atom is 0.303 e. The maximum atomic E-state index is 12.7. The van der Waals surface area contributed by atoms with Gasteiger partial charge in [-0.2, -0.15) is 0 Å². The molecule has 112 valence electrons. The van der Waals surface area contributed by atoms with Gasteiger partial charge in [0.25, 0.3) is 5.91 Å². The summed E-state index contributed by atoms with van der Waals surface area (Å²) >= 11 is 1.51. The molecule has 0 saturated heterocycles. The molecule has 0 bridgehead atoms. The fraction of sp³-hybridized carbons (Fsp3) is 0.176. The van der Waals surface area contributed by atoms with E-state index in [4.69, 9.17) is 5.11 Å². The minimum absolute atomic E-state index is 0.0634. The number of hydrogen-bond donors (Lipinski definition) is 1. The second-order valence-corrected chi connectivity index (χ2v) is 6.05. The summed E-state index contributed by atoms with van der Waals surface area (Å²) in [5, 5.41) is 11.9. The summed E-state index contributed by atoms with van der Waals surface area (Å²) in [5.74, 6) is -0.919. The van der Waals surface area contributed by atoms with Crippen molar-refractivity contribution in [2.24, 2.45) is 0 Å². The lowest BCUT2D eigenvalue weighted by Crippen LogP contribution is -2.09. The summed E-state index contributed by atoms with van der Waals surface area (Å²) < 4.78 is 1.64. The van der Waals surface area contributed by atoms with Crippen molar-refractivity contribution < 1.29 is 14.7 Å². The van der Waals surface area contributed by atoms with Crippen LogP contribution in [0.15, 0.2) is 41.9 Å². The molecule has 0 unspecified atom stereocenters. The first kappa shape index (κ1) is 14.5. The van der Waals surface area contributed by atoms with Crippen LogP contribution >= 0.6 is 11.3 Å². The summed E-state index contributed by atoms with van der Waals surface area (Å²) in [7, 11) is 0. The van der Waals surface area contributed by atoms with Gasteiger partial charge in [-0.15, -0.1) is 11.3 Å². The molecule has 1 aromatic carbocycles. The van der Waals surface area contributed by atoms with Crippen LogP contribution in [0.25, 0.3) is 10.2 Å². The van der Waals surface area contributed by atoms with Crippen molar-refractivity contribution in [3.8, 4) is 0 Å². The highest BCUT2D eigenvalue weighted by molar-refractivity contribution is 7.17. The van der Waals surface area contributed by atoms with Crippen LogP contribution in [-0.2, 0) is 11.2 Å². The molecule has 3 aromatic rings. The van der Waals surface area contributed by atoms with Gasteiger partial charge in [0, 0.05) is 23.6 Å². The van der Waals surface area contributed by atoms with Crippen molar-refractivity contribution >= 4 is 33.4 Å². The second-order valence-electron chi connectivity index (χ2n) is 5.19. The Morgan fingerprint density at radius 1 is 1.23 bits per heavy atom. The van der Waals surface area contributed by atoms with Gasteiger partial charge in [-0.3, -0.25) is 14.2 Å². The highest BCUT2D eigenvalue weighted by Gasteiger charge is 2.18. The van der Waals surface area contributed by atoms with Crippen molar-refractivity contribution in [2.45, 2.75) is 19.8 Å². The number of carboxylic acid groups (broad SMARTS) is 1. The van der Waals surface area contributed by atoms with Crippen LogP contribution in [0.3, 0.4) is 0 Å². The lowest BCUT2D eigenvalue weighted by molar-refractivity contribution is -0.136. The van der Waals surface area contributed by atoms with Crippen molar-refractivity contribution in [1.82, 2.24) is 4.57 Å². The predicted octanol–water partition coefficient (Wildman–Crippen LogP) is 3.72. The SMILES string of the molecule is Cc1csc2c1c(CCC(=O)O)cn2C(=O)c1ccccc1. The molecule has 0 radical (unpaired) electrons. The zero-order valence-corrected chi connectivity index (χ0v) is 12.9. The molecule has 0 aliphatic heterocycles. The number of aromatic nitrogens is 1. The molecule has 0 spiro atoms. The molecular formula is C17H15NO3S. The van der Waals surface area contributed by atoms with Crippen LogP contribution in [0.4, 0.5) is 0 Å². The molecule has 2 aromatic heterocycles. The van der Waals surface area contributed by atoms with Crippen molar-refractivity contribution in [1.29, 1.82) is 0 Å². The number of aryl methyl sites for hydroxylation is 2. The van der Waals surface area contributed by atoms with Gasteiger partial charge in [-0.05, 0) is 42.0 Å². The lowest BCUT2D eigenvalue weighted by Gasteiger charge is -2.02. The van der Waals surface area contributed by atoms with Crippen LogP contribution in [0, 0.1) is 6.92 Å². The monoisotopic (exact) mass is 313 g/mol. The fourth-order valence-electron chi connectivity index (χ4n) is 2.58. The Morgan fingerprint density at radius 2 is 1.95 bits per heavy atom. The number of hydrogen-bond acceptors (Lipinski definition) is 3. The molecule has 0 atom stereocenters. The Kier molecular flexibility index (Phi) is 3.81. The molecule has 0 amide bonds. The van der Waals surface area contributed by atoms with Crippen LogP contribution in [0.2, 0.25) is 0 Å². The van der Waals surface area contributed by atoms with E-state index in [2.05, 4.69) is 0 Å². The molecule has 0 saturated carbocycles. The lowest BCUT2D eigenvalue weighted by atomic mass is 10.1. The Bertz CT molecular complexity index is 846. The van der Waals surface area contributed by atoms with Gasteiger partial charge in [-0.25, -0.2) is 0 Å². The Labute approximate surface area is 131 Å². The zero-order chi connectivity index (χ0) is 15.7. The molecule has 5 heteroatoms. The quantitative estimate of drug-likeness (QED) is 0.798. The number of carbonyl (C=O) groups is 2. The van der Waals surface area contributed by atoms with Crippen molar-refractivity contribution in [3.05, 3.63) is 58.6 Å². The first-order chi connectivity index (χ1) is 10.6. The molecule has 22 heavy (non-hydrogen) atoms. The van der Waals surface area contributed by atoms with E-state index < -0.39 is 5.97 Å². The van der Waals surface area contributed by atoms with Gasteiger partial charge in [0.1, 0.15) is 4.83 Å². The zero-order valence-electron chi connectivity index (χ0n) is 12.1. The van der Waals surface area contributed by atoms with Crippen LogP contribution in [0.5, 0.6) is 0 Å². The van der Waals surface area contributed by atoms with Gasteiger partial charge in [0.15, 0.2) is 0 Å².